The smallest absolute Gasteiger partial charge is 0.306 e. The van der Waals surface area contributed by atoms with Crippen molar-refractivity contribution >= 4 is 11.9 Å². The van der Waals surface area contributed by atoms with E-state index in [1.165, 1.54) is 38.5 Å². The lowest BCUT2D eigenvalue weighted by molar-refractivity contribution is -0.163. The number of unbranched alkanes of at least 4 members (excludes halogenated alkanes) is 13. The van der Waals surface area contributed by atoms with Gasteiger partial charge in [0.2, 0.25) is 0 Å². The fraction of sp³-hybridized carbons (Fsp3) is 0.647. The molecule has 0 aliphatic rings. The second kappa shape index (κ2) is 46.2. The number of rotatable bonds is 40. The molecule has 1 atom stereocenters. The molecule has 0 amide bonds. The molecule has 0 radical (unpaired) electrons. The fourth-order valence-corrected chi connectivity index (χ4v) is 5.78. The van der Waals surface area contributed by atoms with Crippen molar-refractivity contribution in [2.45, 2.75) is 194 Å². The average Bonchev–Trinajstić information content (AvgIpc) is 3.20. The van der Waals surface area contributed by atoms with Gasteiger partial charge >= 0.3 is 11.9 Å². The highest BCUT2D eigenvalue weighted by Gasteiger charge is 2.17. The second-order valence-corrected chi connectivity index (χ2v) is 14.5. The summed E-state index contributed by atoms with van der Waals surface area (Å²) in [5.41, 5.74) is 0. The Labute approximate surface area is 345 Å². The van der Waals surface area contributed by atoms with E-state index in [1.807, 2.05) is 0 Å². The predicted molar refractivity (Wildman–Crippen MR) is 242 cm³/mol. The van der Waals surface area contributed by atoms with Crippen molar-refractivity contribution in [1.29, 1.82) is 0 Å². The molecule has 0 fully saturated rings. The third kappa shape index (κ3) is 43.5. The Morgan fingerprint density at radius 3 is 1.29 bits per heavy atom. The van der Waals surface area contributed by atoms with E-state index in [-0.39, 0.29) is 25.2 Å². The van der Waals surface area contributed by atoms with Crippen molar-refractivity contribution in [2.24, 2.45) is 0 Å². The topological polar surface area (TPSA) is 61.8 Å². The summed E-state index contributed by atoms with van der Waals surface area (Å²) in [5.74, 6) is -0.465. The molecule has 0 bridgehead atoms. The molecular formula is C51H84O5. The first kappa shape index (κ1) is 52.8. The minimum atomic E-state index is -0.571. The van der Waals surface area contributed by atoms with Gasteiger partial charge in [0.25, 0.3) is 0 Å². The molecule has 0 N–H and O–H groups in total. The van der Waals surface area contributed by atoms with Crippen LogP contribution < -0.4 is 0 Å². The highest BCUT2D eigenvalue weighted by atomic mass is 16.6. The number of hydrogen-bond acceptors (Lipinski definition) is 5. The van der Waals surface area contributed by atoms with Crippen LogP contribution in [-0.2, 0) is 23.8 Å². The molecule has 0 aromatic rings. The van der Waals surface area contributed by atoms with Gasteiger partial charge in [-0.2, -0.15) is 0 Å². The standard InChI is InChI=1S/C51H84O5/c1-4-7-10-13-16-19-21-23-24-25-26-27-29-31-34-37-40-43-46-54-47-49(56-51(53)45-42-39-36-32-18-15-12-9-6-3)48-55-50(52)44-41-38-35-33-30-28-22-20-17-14-11-8-5-2/h7-8,10-11,16-17,19-20,23-24,26-28,30-31,34,49H,4-6,9,12-15,18,21-22,25,29,32-33,35-48H2,1-3H3/b10-7-,11-8-,19-16-,20-17-,24-23-,27-26-,30-28-,34-31-. The predicted octanol–water partition coefficient (Wildman–Crippen LogP) is 15.1. The summed E-state index contributed by atoms with van der Waals surface area (Å²) in [6.45, 7) is 7.43. The molecule has 0 aromatic heterocycles. The van der Waals surface area contributed by atoms with Crippen LogP contribution in [0.3, 0.4) is 0 Å². The van der Waals surface area contributed by atoms with E-state index in [0.717, 1.165) is 116 Å². The van der Waals surface area contributed by atoms with Crippen LogP contribution in [0.2, 0.25) is 0 Å². The van der Waals surface area contributed by atoms with E-state index in [9.17, 15) is 9.59 Å². The van der Waals surface area contributed by atoms with Gasteiger partial charge < -0.3 is 14.2 Å². The van der Waals surface area contributed by atoms with Gasteiger partial charge in [0.15, 0.2) is 6.10 Å². The summed E-state index contributed by atoms with van der Waals surface area (Å²) in [5, 5.41) is 0. The SMILES string of the molecule is CC/C=C\C/C=C\C/C=C\C/C=C\C/C=C\CCCCOCC(COC(=O)CCCCC/C=C\C/C=C\C/C=C\CC)OC(=O)CCCCCCCCCCC. The Kier molecular flexibility index (Phi) is 43.6. The highest BCUT2D eigenvalue weighted by molar-refractivity contribution is 5.70. The summed E-state index contributed by atoms with van der Waals surface area (Å²) >= 11 is 0. The third-order valence-electron chi connectivity index (χ3n) is 9.12. The zero-order valence-corrected chi connectivity index (χ0v) is 36.4. The van der Waals surface area contributed by atoms with Crippen LogP contribution in [0.15, 0.2) is 97.2 Å². The second-order valence-electron chi connectivity index (χ2n) is 14.5. The summed E-state index contributed by atoms with van der Waals surface area (Å²) in [4.78, 5) is 25.2. The van der Waals surface area contributed by atoms with E-state index in [4.69, 9.17) is 14.2 Å². The van der Waals surface area contributed by atoms with E-state index in [1.54, 1.807) is 0 Å². The molecule has 0 rings (SSSR count). The molecule has 0 aliphatic heterocycles. The Hall–Kier alpha value is -3.18. The van der Waals surface area contributed by atoms with Crippen molar-refractivity contribution in [3.05, 3.63) is 97.2 Å². The van der Waals surface area contributed by atoms with Crippen molar-refractivity contribution in [2.75, 3.05) is 19.8 Å². The summed E-state index contributed by atoms with van der Waals surface area (Å²) in [6, 6.07) is 0. The number of carbonyl (C=O) groups excluding carboxylic acids is 2. The van der Waals surface area contributed by atoms with Gasteiger partial charge in [-0.25, -0.2) is 0 Å². The minimum Gasteiger partial charge on any atom is -0.462 e. The normalized spacial score (nSPS) is 13.1. The maximum atomic E-state index is 12.7. The maximum absolute atomic E-state index is 12.7. The van der Waals surface area contributed by atoms with Gasteiger partial charge in [0.05, 0.1) is 6.61 Å². The highest BCUT2D eigenvalue weighted by Crippen LogP contribution is 2.12. The first-order valence-corrected chi connectivity index (χ1v) is 22.8. The van der Waals surface area contributed by atoms with Crippen molar-refractivity contribution in [3.63, 3.8) is 0 Å². The fourth-order valence-electron chi connectivity index (χ4n) is 5.78. The zero-order chi connectivity index (χ0) is 40.7. The average molecular weight is 777 g/mol. The van der Waals surface area contributed by atoms with Crippen LogP contribution >= 0.6 is 0 Å². The van der Waals surface area contributed by atoms with Crippen molar-refractivity contribution < 1.29 is 23.8 Å². The molecule has 0 saturated heterocycles. The van der Waals surface area contributed by atoms with E-state index >= 15 is 0 Å². The molecule has 56 heavy (non-hydrogen) atoms. The molecule has 5 nitrogen and oxygen atoms in total. The Balaban J connectivity index is 4.36. The van der Waals surface area contributed by atoms with E-state index in [2.05, 4.69) is 118 Å². The van der Waals surface area contributed by atoms with Gasteiger partial charge in [-0.15, -0.1) is 0 Å². The molecule has 5 heteroatoms. The molecule has 0 aromatic carbocycles. The van der Waals surface area contributed by atoms with Crippen LogP contribution in [0.4, 0.5) is 0 Å². The van der Waals surface area contributed by atoms with Gasteiger partial charge in [-0.1, -0.05) is 176 Å². The molecule has 1 unspecified atom stereocenters. The zero-order valence-electron chi connectivity index (χ0n) is 36.4. The Morgan fingerprint density at radius 2 is 0.804 bits per heavy atom. The minimum absolute atomic E-state index is 0.0485. The number of carbonyl (C=O) groups is 2. The van der Waals surface area contributed by atoms with Gasteiger partial charge in [-0.05, 0) is 96.3 Å². The molecule has 0 aliphatic carbocycles. The van der Waals surface area contributed by atoms with Crippen LogP contribution in [0, 0.1) is 0 Å². The quantitative estimate of drug-likeness (QED) is 0.0352. The van der Waals surface area contributed by atoms with Gasteiger partial charge in [0, 0.05) is 19.4 Å². The lowest BCUT2D eigenvalue weighted by Crippen LogP contribution is -2.30. The number of hydrogen-bond donors (Lipinski definition) is 0. The van der Waals surface area contributed by atoms with E-state index < -0.39 is 6.10 Å². The number of ether oxygens (including phenoxy) is 3. The molecule has 0 heterocycles. The van der Waals surface area contributed by atoms with Crippen LogP contribution in [0.5, 0.6) is 0 Å². The molecule has 318 valence electrons. The van der Waals surface area contributed by atoms with Crippen molar-refractivity contribution in [3.8, 4) is 0 Å². The van der Waals surface area contributed by atoms with Crippen LogP contribution in [0.1, 0.15) is 188 Å². The summed E-state index contributed by atoms with van der Waals surface area (Å²) < 4.78 is 17.2. The molecule has 0 saturated carbocycles. The van der Waals surface area contributed by atoms with Gasteiger partial charge in [0.1, 0.15) is 6.61 Å². The van der Waals surface area contributed by atoms with Gasteiger partial charge in [-0.3, -0.25) is 9.59 Å². The Morgan fingerprint density at radius 1 is 0.411 bits per heavy atom. The van der Waals surface area contributed by atoms with Crippen LogP contribution in [0.25, 0.3) is 0 Å². The third-order valence-corrected chi connectivity index (χ3v) is 9.12. The lowest BCUT2D eigenvalue weighted by atomic mass is 10.1. The maximum Gasteiger partial charge on any atom is 0.306 e. The largest absolute Gasteiger partial charge is 0.462 e. The molecular weight excluding hydrogens is 693 g/mol. The number of esters is 2. The Bertz CT molecular complexity index is 1110. The monoisotopic (exact) mass is 777 g/mol. The number of allylic oxidation sites excluding steroid dienone is 16. The summed E-state index contributed by atoms with van der Waals surface area (Å²) in [7, 11) is 0. The first-order valence-electron chi connectivity index (χ1n) is 22.8. The molecule has 0 spiro atoms. The van der Waals surface area contributed by atoms with E-state index in [0.29, 0.717) is 19.4 Å². The first-order chi connectivity index (χ1) is 27.6. The summed E-state index contributed by atoms with van der Waals surface area (Å²) in [6.07, 6.45) is 61.3. The lowest BCUT2D eigenvalue weighted by Gasteiger charge is -2.18. The van der Waals surface area contributed by atoms with Crippen LogP contribution in [-0.4, -0.2) is 37.9 Å². The van der Waals surface area contributed by atoms with Crippen molar-refractivity contribution in [1.82, 2.24) is 0 Å².